The predicted octanol–water partition coefficient (Wildman–Crippen LogP) is 6.69. The van der Waals surface area contributed by atoms with Crippen LogP contribution in [-0.4, -0.2) is 17.9 Å². The summed E-state index contributed by atoms with van der Waals surface area (Å²) in [5, 5.41) is 7.01. The molecule has 1 spiro atoms. The number of anilines is 1. The second-order valence-electron chi connectivity index (χ2n) is 10.0. The predicted molar refractivity (Wildman–Crippen MR) is 141 cm³/mol. The molecule has 190 valence electrons. The molecule has 0 radical (unpaired) electrons. The molecule has 5 nitrogen and oxygen atoms in total. The van der Waals surface area contributed by atoms with Crippen LogP contribution < -0.4 is 15.4 Å². The lowest BCUT2D eigenvalue weighted by atomic mass is 9.59. The number of benzene rings is 3. The fraction of sp³-hybridized carbons (Fsp3) is 0.310. The largest absolute Gasteiger partial charge is 0.490 e. The minimum Gasteiger partial charge on any atom is -0.490 e. The zero-order valence-corrected chi connectivity index (χ0v) is 21.4. The molecule has 1 saturated heterocycles. The highest BCUT2D eigenvalue weighted by Gasteiger charge is 2.61. The molecule has 3 aliphatic rings. The van der Waals surface area contributed by atoms with Gasteiger partial charge >= 0.3 is 0 Å². The Morgan fingerprint density at radius 1 is 0.946 bits per heavy atom. The Bertz CT molecular complexity index is 1410. The van der Waals surface area contributed by atoms with E-state index < -0.39 is 23.2 Å². The lowest BCUT2D eigenvalue weighted by Crippen LogP contribution is -2.57. The summed E-state index contributed by atoms with van der Waals surface area (Å²) >= 11 is 12.6. The first kappa shape index (κ1) is 24.3. The van der Waals surface area contributed by atoms with Gasteiger partial charge in [-0.15, -0.1) is 0 Å². The second kappa shape index (κ2) is 9.34. The number of rotatable bonds is 4. The summed E-state index contributed by atoms with van der Waals surface area (Å²) in [5.74, 6) is -1.12. The summed E-state index contributed by atoms with van der Waals surface area (Å²) in [6, 6.07) is 15.9. The fourth-order valence-corrected chi connectivity index (χ4v) is 6.68. The van der Waals surface area contributed by atoms with Gasteiger partial charge in [0.25, 0.3) is 0 Å². The average Bonchev–Trinajstić information content (AvgIpc) is 3.47. The Balaban J connectivity index is 1.59. The summed E-state index contributed by atoms with van der Waals surface area (Å²) in [6.07, 6.45) is 4.02. The number of halogens is 3. The van der Waals surface area contributed by atoms with E-state index in [0.29, 0.717) is 32.6 Å². The number of ether oxygens (including phenoxy) is 1. The number of hydrogen-bond acceptors (Lipinski definition) is 3. The van der Waals surface area contributed by atoms with Crippen molar-refractivity contribution in [3.63, 3.8) is 0 Å². The monoisotopic (exact) mass is 538 g/mol. The average molecular weight is 539 g/mol. The number of fused-ring (bicyclic) bond motifs is 2. The molecular weight excluding hydrogens is 514 g/mol. The van der Waals surface area contributed by atoms with Gasteiger partial charge in [-0.3, -0.25) is 9.59 Å². The minimum atomic E-state index is -1.29. The summed E-state index contributed by atoms with van der Waals surface area (Å²) < 4.78 is 21.2. The van der Waals surface area contributed by atoms with Gasteiger partial charge in [0.1, 0.15) is 17.0 Å². The molecule has 0 bridgehead atoms. The van der Waals surface area contributed by atoms with E-state index in [0.717, 1.165) is 31.2 Å². The molecule has 3 aromatic carbocycles. The molecule has 3 unspecified atom stereocenters. The molecule has 1 saturated carbocycles. The molecule has 3 aromatic rings. The highest BCUT2D eigenvalue weighted by molar-refractivity contribution is 6.31. The van der Waals surface area contributed by atoms with Crippen molar-refractivity contribution in [1.29, 1.82) is 0 Å². The van der Waals surface area contributed by atoms with Crippen molar-refractivity contribution in [3.8, 4) is 5.75 Å². The maximum atomic E-state index is 14.8. The van der Waals surface area contributed by atoms with Crippen molar-refractivity contribution < 1.29 is 18.7 Å². The Morgan fingerprint density at radius 3 is 2.51 bits per heavy atom. The molecule has 2 heterocycles. The number of piperidine rings is 1. The van der Waals surface area contributed by atoms with E-state index >= 15 is 0 Å². The summed E-state index contributed by atoms with van der Waals surface area (Å²) in [4.78, 5) is 27.4. The lowest BCUT2D eigenvalue weighted by molar-refractivity contribution is -0.131. The molecule has 8 heteroatoms. The Kier molecular flexibility index (Phi) is 6.12. The van der Waals surface area contributed by atoms with E-state index in [9.17, 15) is 14.0 Å². The zero-order valence-electron chi connectivity index (χ0n) is 19.9. The normalized spacial score (nSPS) is 25.2. The number of carbonyl (C=O) groups is 2. The number of nitrogens with one attached hydrogen (secondary N) is 2. The maximum absolute atomic E-state index is 14.8. The van der Waals surface area contributed by atoms with Crippen LogP contribution in [0.1, 0.15) is 60.8 Å². The zero-order chi connectivity index (χ0) is 25.7. The second-order valence-corrected chi connectivity index (χ2v) is 10.9. The van der Waals surface area contributed by atoms with E-state index in [1.165, 1.54) is 12.1 Å². The highest BCUT2D eigenvalue weighted by atomic mass is 35.5. The van der Waals surface area contributed by atoms with Crippen LogP contribution in [0.25, 0.3) is 0 Å². The van der Waals surface area contributed by atoms with E-state index in [1.807, 2.05) is 12.1 Å². The van der Waals surface area contributed by atoms with Gasteiger partial charge in [-0.25, -0.2) is 4.39 Å². The standard InChI is InChI=1S/C29H25Cl2FN2O3/c30-17-5-3-4-16(12-17)23-15-26(35)34-27(29(23)22-10-8-18(31)13-24(22)33-28(29)36)21-14-19(32)9-11-25(21)37-20-6-1-2-7-20/h3-5,8-14,20,23,27H,1-2,6-7,15H2,(H,33,36)(H,34,35). The smallest absolute Gasteiger partial charge is 0.238 e. The SMILES string of the molecule is O=C1CC(c2cccc(Cl)c2)C2(C(=O)Nc3cc(Cl)ccc32)C(c2cc(F)ccc2OC2CCCC2)N1. The molecule has 2 N–H and O–H groups in total. The van der Waals surface area contributed by atoms with E-state index in [4.69, 9.17) is 27.9 Å². The van der Waals surface area contributed by atoms with Gasteiger partial charge in [-0.1, -0.05) is 41.4 Å². The molecule has 6 rings (SSSR count). The van der Waals surface area contributed by atoms with Crippen molar-refractivity contribution >= 4 is 40.7 Å². The maximum Gasteiger partial charge on any atom is 0.238 e. The van der Waals surface area contributed by atoms with Gasteiger partial charge < -0.3 is 15.4 Å². The number of amides is 2. The topological polar surface area (TPSA) is 67.4 Å². The van der Waals surface area contributed by atoms with Crippen LogP contribution in [0.2, 0.25) is 10.0 Å². The highest BCUT2D eigenvalue weighted by Crippen LogP contribution is 2.58. The van der Waals surface area contributed by atoms with Crippen LogP contribution in [0.5, 0.6) is 5.75 Å². The molecule has 2 fully saturated rings. The van der Waals surface area contributed by atoms with E-state index in [-0.39, 0.29) is 24.3 Å². The molecule has 1 aliphatic carbocycles. The van der Waals surface area contributed by atoms with E-state index in [2.05, 4.69) is 10.6 Å². The van der Waals surface area contributed by atoms with E-state index in [1.54, 1.807) is 36.4 Å². The van der Waals surface area contributed by atoms with Gasteiger partial charge in [-0.2, -0.15) is 0 Å². The van der Waals surface area contributed by atoms with Crippen LogP contribution >= 0.6 is 23.2 Å². The van der Waals surface area contributed by atoms with Gasteiger partial charge in [-0.05, 0) is 79.3 Å². The quantitative estimate of drug-likeness (QED) is 0.388. The molecule has 2 amide bonds. The fourth-order valence-electron chi connectivity index (χ4n) is 6.31. The van der Waals surface area contributed by atoms with Crippen molar-refractivity contribution in [2.75, 3.05) is 5.32 Å². The lowest BCUT2D eigenvalue weighted by Gasteiger charge is -2.46. The van der Waals surface area contributed by atoms with Gasteiger partial charge in [0, 0.05) is 33.6 Å². The third kappa shape index (κ3) is 4.07. The molecule has 3 atom stereocenters. The first-order chi connectivity index (χ1) is 17.9. The van der Waals surface area contributed by atoms with Crippen molar-refractivity contribution in [2.45, 2.75) is 55.6 Å². The van der Waals surface area contributed by atoms with Crippen molar-refractivity contribution in [3.05, 3.63) is 93.2 Å². The van der Waals surface area contributed by atoms with Crippen LogP contribution in [0, 0.1) is 5.82 Å². The van der Waals surface area contributed by atoms with Crippen molar-refractivity contribution in [1.82, 2.24) is 5.32 Å². The third-order valence-electron chi connectivity index (χ3n) is 7.88. The minimum absolute atomic E-state index is 0.00618. The molecular formula is C29H25Cl2FN2O3. The van der Waals surface area contributed by atoms with Crippen LogP contribution in [-0.2, 0) is 15.0 Å². The van der Waals surface area contributed by atoms with Crippen LogP contribution in [0.15, 0.2) is 60.7 Å². The van der Waals surface area contributed by atoms with Crippen LogP contribution in [0.4, 0.5) is 10.1 Å². The van der Waals surface area contributed by atoms with Gasteiger partial charge in [0.15, 0.2) is 0 Å². The number of hydrogen-bond donors (Lipinski definition) is 2. The Hall–Kier alpha value is -3.09. The first-order valence-electron chi connectivity index (χ1n) is 12.5. The third-order valence-corrected chi connectivity index (χ3v) is 8.35. The summed E-state index contributed by atoms with van der Waals surface area (Å²) in [7, 11) is 0. The first-order valence-corrected chi connectivity index (χ1v) is 13.2. The number of carbonyl (C=O) groups excluding carboxylic acids is 2. The van der Waals surface area contributed by atoms with Crippen molar-refractivity contribution in [2.24, 2.45) is 0 Å². The molecule has 2 aliphatic heterocycles. The summed E-state index contributed by atoms with van der Waals surface area (Å²) in [6.45, 7) is 0. The molecule has 0 aromatic heterocycles. The van der Waals surface area contributed by atoms with Gasteiger partial charge in [0.2, 0.25) is 11.8 Å². The molecule has 37 heavy (non-hydrogen) atoms. The van der Waals surface area contributed by atoms with Gasteiger partial charge in [0.05, 0.1) is 12.1 Å². The Labute approximate surface area is 224 Å². The Morgan fingerprint density at radius 2 is 1.73 bits per heavy atom. The van der Waals surface area contributed by atoms with Crippen LogP contribution in [0.3, 0.4) is 0 Å². The summed E-state index contributed by atoms with van der Waals surface area (Å²) in [5.41, 5.74) is 1.15.